The maximum Gasteiger partial charge on any atom is 0.135 e. The Labute approximate surface area is 514 Å². The average molecular weight is 1280 g/mol. The van der Waals surface area contributed by atoms with E-state index < -0.39 is 5.41 Å². The molecular weight excluding hydrogens is 1220 g/mol. The number of hydrogen-bond donors (Lipinski definition) is 0. The molecule has 0 amide bonds. The van der Waals surface area contributed by atoms with Crippen LogP contribution in [-0.2, 0) is 42.7 Å². The maximum absolute atomic E-state index is 6.82. The molecule has 0 radical (unpaired) electrons. The van der Waals surface area contributed by atoms with Gasteiger partial charge in [-0.25, -0.2) is 4.98 Å². The molecule has 0 bridgehead atoms. The Hall–Kier alpha value is -8.76. The molecule has 0 N–H and O–H groups in total. The maximum atomic E-state index is 6.82. The second kappa shape index (κ2) is 19.9. The molecule has 12 aromatic rings. The minimum absolute atomic E-state index is 0. The Morgan fingerprint density at radius 3 is 1.62 bits per heavy atom. The van der Waals surface area contributed by atoms with Gasteiger partial charge in [0, 0.05) is 72.5 Å². The molecule has 85 heavy (non-hydrogen) atoms. The summed E-state index contributed by atoms with van der Waals surface area (Å²) in [4.78, 5) is 9.58. The number of aromatic nitrogens is 2. The van der Waals surface area contributed by atoms with Gasteiger partial charge in [-0.3, -0.25) is 0 Å². The van der Waals surface area contributed by atoms with E-state index in [9.17, 15) is 0 Å². The van der Waals surface area contributed by atoms with Crippen LogP contribution in [-0.4, -0.2) is 9.55 Å². The van der Waals surface area contributed by atoms with E-state index in [2.05, 4.69) is 302 Å². The van der Waals surface area contributed by atoms with Gasteiger partial charge in [0.25, 0.3) is 0 Å². The van der Waals surface area contributed by atoms with Gasteiger partial charge in [-0.05, 0) is 130 Å². The molecule has 15 rings (SSSR count). The summed E-state index contributed by atoms with van der Waals surface area (Å²) in [5.41, 5.74) is 24.3. The third-order valence-corrected chi connectivity index (χ3v) is 17.8. The van der Waals surface area contributed by atoms with Crippen LogP contribution in [0, 0.1) is 18.8 Å². The summed E-state index contributed by atoms with van der Waals surface area (Å²) in [5, 5.41) is 2.22. The van der Waals surface area contributed by atoms with Crippen molar-refractivity contribution < 1.29 is 25.8 Å². The van der Waals surface area contributed by atoms with Crippen LogP contribution in [0.3, 0.4) is 0 Å². The van der Waals surface area contributed by atoms with Gasteiger partial charge in [0.15, 0.2) is 0 Å². The summed E-state index contributed by atoms with van der Waals surface area (Å²) >= 11 is 0. The fourth-order valence-corrected chi connectivity index (χ4v) is 13.6. The molecule has 0 unspecified atom stereocenters. The summed E-state index contributed by atoms with van der Waals surface area (Å²) in [6.45, 7) is 22.9. The summed E-state index contributed by atoms with van der Waals surface area (Å²) in [5.74, 6) is 2.02. The molecule has 1 aliphatic heterocycles. The average Bonchev–Trinajstić information content (AvgIpc) is 1.81. The van der Waals surface area contributed by atoms with Gasteiger partial charge >= 0.3 is 0 Å². The number of hydrogen-bond acceptors (Lipinski definition) is 4. The molecule has 5 nitrogen and oxygen atoms in total. The minimum Gasteiger partial charge on any atom is -0.509 e. The van der Waals surface area contributed by atoms with Crippen LogP contribution in [0.4, 0.5) is 22.7 Å². The third-order valence-electron chi connectivity index (χ3n) is 17.8. The molecule has 2 aromatic heterocycles. The van der Waals surface area contributed by atoms with E-state index >= 15 is 0 Å². The summed E-state index contributed by atoms with van der Waals surface area (Å²) in [6.07, 6.45) is 1.91. The van der Waals surface area contributed by atoms with Crippen molar-refractivity contribution in [1.82, 2.24) is 9.55 Å². The predicted molar refractivity (Wildman–Crippen MR) is 347 cm³/mol. The Morgan fingerprint density at radius 1 is 0.424 bits per heavy atom. The van der Waals surface area contributed by atoms with E-state index in [0.717, 1.165) is 67.1 Å². The SMILES string of the molecule is CC(C)(C)c1cc(-c2cccc(-c3ccc4c(c3)-c3ccccc3C43c4ccccc4-c4ccccc43)c2N2[CH-]N(c3[c-]c(Oc4[c-]c5c(cc4)c4ccccc4n5-c4cc(C(C)(C)C)ccn4)ccc3)c3ccccc32)cc(C(C)(C)C)c1.[Pt]. The fourth-order valence-electron chi connectivity index (χ4n) is 13.6. The van der Waals surface area contributed by atoms with E-state index in [0.29, 0.717) is 11.5 Å². The molecule has 10 aromatic carbocycles. The largest absolute Gasteiger partial charge is 0.509 e. The van der Waals surface area contributed by atoms with Crippen LogP contribution in [0.5, 0.6) is 11.5 Å². The smallest absolute Gasteiger partial charge is 0.135 e. The molecule has 0 atom stereocenters. The van der Waals surface area contributed by atoms with Gasteiger partial charge < -0.3 is 19.1 Å². The third kappa shape index (κ3) is 8.63. The van der Waals surface area contributed by atoms with Crippen molar-refractivity contribution >= 4 is 44.6 Å². The molecule has 0 saturated carbocycles. The fraction of sp³-hybridized carbons (Fsp3) is 0.165. The van der Waals surface area contributed by atoms with E-state index in [1.54, 1.807) is 0 Å². The summed E-state index contributed by atoms with van der Waals surface area (Å²) in [6, 6.07) is 87.9. The van der Waals surface area contributed by atoms with Crippen molar-refractivity contribution in [3.05, 3.63) is 282 Å². The topological polar surface area (TPSA) is 33.5 Å². The Kier molecular flexibility index (Phi) is 12.7. The molecule has 2 aliphatic carbocycles. The number of benzene rings is 10. The zero-order chi connectivity index (χ0) is 57.4. The van der Waals surface area contributed by atoms with Crippen molar-refractivity contribution in [2.45, 2.75) is 84.0 Å². The number of fused-ring (bicyclic) bond motifs is 14. The van der Waals surface area contributed by atoms with Crippen LogP contribution in [0.25, 0.3) is 72.1 Å². The molecule has 0 fully saturated rings. The molecule has 3 aliphatic rings. The van der Waals surface area contributed by atoms with Gasteiger partial charge in [0.05, 0.1) is 5.41 Å². The van der Waals surface area contributed by atoms with Crippen molar-refractivity contribution in [3.63, 3.8) is 0 Å². The molecule has 420 valence electrons. The molecule has 3 heterocycles. The van der Waals surface area contributed by atoms with Crippen LogP contribution in [0.1, 0.15) is 101 Å². The number of nitrogens with zero attached hydrogens (tertiary/aromatic N) is 4. The first-order valence-corrected chi connectivity index (χ1v) is 29.4. The van der Waals surface area contributed by atoms with E-state index in [-0.39, 0.29) is 37.3 Å². The number of anilines is 4. The monoisotopic (exact) mass is 1280 g/mol. The molecular formula is C79H65N4OPt-3. The van der Waals surface area contributed by atoms with Crippen molar-refractivity contribution in [2.24, 2.45) is 0 Å². The van der Waals surface area contributed by atoms with Crippen LogP contribution in [0.2, 0.25) is 0 Å². The second-order valence-corrected chi connectivity index (χ2v) is 26.1. The zero-order valence-electron chi connectivity index (χ0n) is 49.5. The van der Waals surface area contributed by atoms with Gasteiger partial charge in [0.2, 0.25) is 0 Å². The Bertz CT molecular complexity index is 4580. The normalized spacial score (nSPS) is 13.8. The first-order chi connectivity index (χ1) is 40.5. The van der Waals surface area contributed by atoms with E-state index in [4.69, 9.17) is 9.72 Å². The van der Waals surface area contributed by atoms with Gasteiger partial charge in [-0.1, -0.05) is 219 Å². The quantitative estimate of drug-likeness (QED) is 0.149. The standard InChI is InChI=1S/C79H65N4O.Pt/c1-76(2,3)52-40-41-80-74(46-52)83-70-33-17-13-27-63(70)64-38-37-57(48-73(64)83)84-56-23-20-22-55(47-56)81-49-82(72-35-19-18-34-71(72)81)75-58(28-21-29-59(75)51-42-53(77(4,5)6)45-54(43-51)78(7,8)9)50-36-39-69-65(44-50)62-26-12-16-32-68(62)79(69)66-30-14-10-24-60(66)61-25-11-15-31-67(61)79;/h10-46,49H,1-9H3;/q-3;. The number of pyridine rings is 1. The predicted octanol–water partition coefficient (Wildman–Crippen LogP) is 20.5. The first kappa shape index (κ1) is 54.2. The van der Waals surface area contributed by atoms with Crippen LogP contribution in [0.15, 0.2) is 225 Å². The first-order valence-electron chi connectivity index (χ1n) is 29.4. The van der Waals surface area contributed by atoms with Crippen LogP contribution >= 0.6 is 0 Å². The zero-order valence-corrected chi connectivity index (χ0v) is 51.7. The molecule has 1 spiro atoms. The number of para-hydroxylation sites is 4. The summed E-state index contributed by atoms with van der Waals surface area (Å²) < 4.78 is 9.03. The van der Waals surface area contributed by atoms with Gasteiger partial charge in [-0.15, -0.1) is 48.1 Å². The van der Waals surface area contributed by atoms with Crippen LogP contribution < -0.4 is 14.5 Å². The second-order valence-electron chi connectivity index (χ2n) is 26.1. The Morgan fingerprint density at radius 2 is 0.965 bits per heavy atom. The molecule has 6 heteroatoms. The van der Waals surface area contributed by atoms with Crippen molar-refractivity contribution in [1.29, 1.82) is 0 Å². The van der Waals surface area contributed by atoms with Crippen molar-refractivity contribution in [2.75, 3.05) is 9.80 Å². The van der Waals surface area contributed by atoms with E-state index in [1.165, 1.54) is 66.8 Å². The van der Waals surface area contributed by atoms with Crippen molar-refractivity contribution in [3.8, 4) is 61.8 Å². The van der Waals surface area contributed by atoms with Gasteiger partial charge in [-0.2, -0.15) is 12.1 Å². The van der Waals surface area contributed by atoms with E-state index in [1.807, 2.05) is 18.3 Å². The number of ether oxygens (including phenoxy) is 1. The number of rotatable bonds is 7. The molecule has 0 saturated heterocycles. The minimum atomic E-state index is -0.434. The Balaban J connectivity index is 0.00000640. The summed E-state index contributed by atoms with van der Waals surface area (Å²) in [7, 11) is 0. The van der Waals surface area contributed by atoms with Gasteiger partial charge in [0.1, 0.15) is 5.82 Å².